The molecule has 0 radical (unpaired) electrons. The van der Waals surface area contributed by atoms with Gasteiger partial charge in [-0.15, -0.1) is 11.3 Å². The van der Waals surface area contributed by atoms with Gasteiger partial charge in [0.25, 0.3) is 5.91 Å². The van der Waals surface area contributed by atoms with Gasteiger partial charge < -0.3 is 29.7 Å². The number of carboxylic acid groups (broad SMARTS) is 1. The number of amides is 3. The van der Waals surface area contributed by atoms with Gasteiger partial charge in [0.1, 0.15) is 0 Å². The van der Waals surface area contributed by atoms with E-state index in [-0.39, 0.29) is 12.0 Å². The molecule has 34 heavy (non-hydrogen) atoms. The van der Waals surface area contributed by atoms with E-state index in [1.807, 2.05) is 10.3 Å². The molecule has 1 saturated heterocycles. The van der Waals surface area contributed by atoms with Gasteiger partial charge in [0.15, 0.2) is 0 Å². The van der Waals surface area contributed by atoms with E-state index in [9.17, 15) is 24.3 Å². The molecule has 182 valence electrons. The Morgan fingerprint density at radius 3 is 2.41 bits per heavy atom. The Morgan fingerprint density at radius 1 is 1.09 bits per heavy atom. The van der Waals surface area contributed by atoms with Crippen molar-refractivity contribution in [2.75, 3.05) is 50.6 Å². The van der Waals surface area contributed by atoms with E-state index in [4.69, 9.17) is 9.47 Å². The molecule has 0 aliphatic carbocycles. The van der Waals surface area contributed by atoms with Gasteiger partial charge in [-0.25, -0.2) is 9.59 Å². The first-order valence-electron chi connectivity index (χ1n) is 10.4. The van der Waals surface area contributed by atoms with Gasteiger partial charge in [0.05, 0.1) is 38.1 Å². The Balaban J connectivity index is 1.81. The van der Waals surface area contributed by atoms with Crippen LogP contribution in [0.5, 0.6) is 0 Å². The number of carbonyl (C=O) groups is 4. The van der Waals surface area contributed by atoms with Crippen molar-refractivity contribution < 1.29 is 33.8 Å². The lowest BCUT2D eigenvalue weighted by Gasteiger charge is -2.36. The monoisotopic (exact) mass is 490 g/mol. The van der Waals surface area contributed by atoms with Crippen molar-refractivity contribution in [3.8, 4) is 0 Å². The maximum atomic E-state index is 13.0. The molecular weight excluding hydrogens is 464 g/mol. The van der Waals surface area contributed by atoms with Crippen molar-refractivity contribution in [3.05, 3.63) is 46.2 Å². The fourth-order valence-electron chi connectivity index (χ4n) is 3.60. The van der Waals surface area contributed by atoms with Gasteiger partial charge in [-0.2, -0.15) is 0 Å². The minimum absolute atomic E-state index is 0.246. The van der Waals surface area contributed by atoms with Crippen LogP contribution in [0, 0.1) is 0 Å². The minimum atomic E-state index is -1.03. The van der Waals surface area contributed by atoms with E-state index >= 15 is 0 Å². The number of anilines is 2. The third-order valence-corrected chi connectivity index (χ3v) is 6.29. The molecule has 3 rings (SSSR count). The normalized spacial score (nSPS) is 14.2. The Bertz CT molecular complexity index is 1040. The summed E-state index contributed by atoms with van der Waals surface area (Å²) in [5.74, 6) is -1.51. The maximum absolute atomic E-state index is 13.0. The van der Waals surface area contributed by atoms with Crippen molar-refractivity contribution >= 4 is 46.8 Å². The van der Waals surface area contributed by atoms with E-state index in [1.54, 1.807) is 29.2 Å². The highest BCUT2D eigenvalue weighted by Gasteiger charge is 2.25. The number of benzene rings is 1. The van der Waals surface area contributed by atoms with E-state index in [0.717, 1.165) is 4.88 Å². The first kappa shape index (κ1) is 24.8. The van der Waals surface area contributed by atoms with Crippen molar-refractivity contribution in [2.45, 2.75) is 12.5 Å². The Labute approximate surface area is 200 Å². The number of carboxylic acids is 1. The molecule has 1 unspecified atom stereocenters. The van der Waals surface area contributed by atoms with E-state index < -0.39 is 30.1 Å². The molecule has 1 aromatic heterocycles. The maximum Gasteiger partial charge on any atom is 0.411 e. The van der Waals surface area contributed by atoms with Crippen LogP contribution >= 0.6 is 11.3 Å². The molecule has 3 amide bonds. The molecular formula is C22H26N4O7S. The molecule has 1 aromatic carbocycles. The number of hydrogen-bond acceptors (Lipinski definition) is 8. The summed E-state index contributed by atoms with van der Waals surface area (Å²) in [4.78, 5) is 52.2. The smallest absolute Gasteiger partial charge is 0.411 e. The predicted molar refractivity (Wildman–Crippen MR) is 125 cm³/mol. The molecule has 0 saturated carbocycles. The van der Waals surface area contributed by atoms with Crippen LogP contribution in [0.2, 0.25) is 0 Å². The lowest BCUT2D eigenvalue weighted by Crippen LogP contribution is -2.49. The number of carbonyl (C=O) groups excluding carboxylic acids is 3. The summed E-state index contributed by atoms with van der Waals surface area (Å²) in [5.41, 5.74) is 1.26. The van der Waals surface area contributed by atoms with Crippen molar-refractivity contribution in [1.29, 1.82) is 0 Å². The number of aliphatic carboxylic acids is 1. The van der Waals surface area contributed by atoms with Crippen LogP contribution in [0.3, 0.4) is 0 Å². The lowest BCUT2D eigenvalue weighted by atomic mass is 10.1. The Hall–Kier alpha value is -3.80. The van der Waals surface area contributed by atoms with Crippen molar-refractivity contribution in [1.82, 2.24) is 10.2 Å². The van der Waals surface area contributed by atoms with Crippen LogP contribution in [0.15, 0.2) is 35.7 Å². The summed E-state index contributed by atoms with van der Waals surface area (Å²) in [6.45, 7) is 1.86. The first-order chi connectivity index (χ1) is 16.3. The van der Waals surface area contributed by atoms with Gasteiger partial charge in [-0.3, -0.25) is 14.9 Å². The number of rotatable bonds is 7. The van der Waals surface area contributed by atoms with Crippen LogP contribution in [0.1, 0.15) is 27.7 Å². The van der Waals surface area contributed by atoms with Crippen LogP contribution in [-0.2, 0) is 14.3 Å². The number of nitrogens with zero attached hydrogens (tertiary/aromatic N) is 2. The molecule has 0 bridgehead atoms. The zero-order valence-electron chi connectivity index (χ0n) is 18.8. The molecule has 3 N–H and O–H groups in total. The Kier molecular flexibility index (Phi) is 8.30. The molecule has 2 aromatic rings. The zero-order chi connectivity index (χ0) is 24.7. The Morgan fingerprint density at radius 2 is 1.82 bits per heavy atom. The highest BCUT2D eigenvalue weighted by Crippen LogP contribution is 2.29. The van der Waals surface area contributed by atoms with E-state index in [2.05, 4.69) is 10.6 Å². The summed E-state index contributed by atoms with van der Waals surface area (Å²) >= 11 is 1.35. The second-order valence-electron chi connectivity index (χ2n) is 7.43. The van der Waals surface area contributed by atoms with Gasteiger partial charge in [0.2, 0.25) is 0 Å². The van der Waals surface area contributed by atoms with Gasteiger partial charge in [-0.05, 0) is 29.6 Å². The summed E-state index contributed by atoms with van der Waals surface area (Å²) < 4.78 is 9.48. The third-order valence-electron chi connectivity index (χ3n) is 5.30. The number of ether oxygens (including phenoxy) is 2. The fraction of sp³-hybridized carbons (Fsp3) is 0.364. The summed E-state index contributed by atoms with van der Waals surface area (Å²) in [5, 5.41) is 16.4. The number of methoxy groups -OCH3 is 2. The number of thiophene rings is 1. The van der Waals surface area contributed by atoms with Crippen LogP contribution in [0.4, 0.5) is 21.0 Å². The van der Waals surface area contributed by atoms with Crippen LogP contribution < -0.4 is 15.5 Å². The lowest BCUT2D eigenvalue weighted by molar-refractivity contribution is -0.137. The van der Waals surface area contributed by atoms with Crippen molar-refractivity contribution in [3.63, 3.8) is 0 Å². The van der Waals surface area contributed by atoms with Gasteiger partial charge in [0, 0.05) is 36.6 Å². The highest BCUT2D eigenvalue weighted by atomic mass is 32.1. The second kappa shape index (κ2) is 11.4. The van der Waals surface area contributed by atoms with Gasteiger partial charge >= 0.3 is 18.2 Å². The summed E-state index contributed by atoms with van der Waals surface area (Å²) in [6.07, 6.45) is -1.36. The molecule has 12 heteroatoms. The molecule has 1 aliphatic heterocycles. The zero-order valence-corrected chi connectivity index (χ0v) is 19.6. The molecule has 1 aliphatic rings. The summed E-state index contributed by atoms with van der Waals surface area (Å²) in [7, 11) is 2.56. The molecule has 1 atom stereocenters. The van der Waals surface area contributed by atoms with E-state index in [1.165, 1.54) is 31.6 Å². The molecule has 2 heterocycles. The van der Waals surface area contributed by atoms with Crippen LogP contribution in [0.25, 0.3) is 0 Å². The number of hydrogen-bond donors (Lipinski definition) is 3. The third kappa shape index (κ3) is 6.16. The summed E-state index contributed by atoms with van der Waals surface area (Å²) in [6, 6.07) is 7.68. The predicted octanol–water partition coefficient (Wildman–Crippen LogP) is 2.76. The standard InChI is InChI=1S/C22H26N4O7S/c1-32-21(30)24-15-12-14(20(29)23-16(13-19(27)28)18-4-3-11-34-18)5-6-17(15)25-7-9-26(10-8-25)22(31)33-2/h3-6,11-12,16H,7-10,13H2,1-2H3,(H,23,29)(H,24,30)(H,27,28). The van der Waals surface area contributed by atoms with Gasteiger partial charge in [-0.1, -0.05) is 6.07 Å². The average molecular weight is 491 g/mol. The highest BCUT2D eigenvalue weighted by molar-refractivity contribution is 7.10. The fourth-order valence-corrected chi connectivity index (χ4v) is 4.38. The quantitative estimate of drug-likeness (QED) is 0.539. The largest absolute Gasteiger partial charge is 0.481 e. The topological polar surface area (TPSA) is 138 Å². The number of nitrogens with one attached hydrogen (secondary N) is 2. The first-order valence-corrected chi connectivity index (χ1v) is 11.3. The van der Waals surface area contributed by atoms with Crippen molar-refractivity contribution in [2.24, 2.45) is 0 Å². The SMILES string of the molecule is COC(=O)Nc1cc(C(=O)NC(CC(=O)O)c2cccs2)ccc1N1CCN(C(=O)OC)CC1. The molecule has 1 fully saturated rings. The second-order valence-corrected chi connectivity index (χ2v) is 8.41. The van der Waals surface area contributed by atoms with E-state index in [0.29, 0.717) is 37.6 Å². The average Bonchev–Trinajstić information content (AvgIpc) is 3.38. The molecule has 11 nitrogen and oxygen atoms in total. The van der Waals surface area contributed by atoms with Crippen LogP contribution in [-0.4, -0.2) is 74.5 Å². The molecule has 0 spiro atoms. The number of piperazine rings is 1. The minimum Gasteiger partial charge on any atom is -0.481 e.